The first-order valence-corrected chi connectivity index (χ1v) is 6.14. The molecule has 0 saturated carbocycles. The lowest BCUT2D eigenvalue weighted by molar-refractivity contribution is -0.142. The number of nitrogens with one attached hydrogen (secondary N) is 1. The Morgan fingerprint density at radius 1 is 1.35 bits per heavy atom. The Labute approximate surface area is 101 Å². The standard InChI is InChI=1S/C11H21N3O3/c12-6-4-7-13-11(17)14-8-3-1-2-5-9(14)10(15)16/h9H,1-8,12H2,(H,13,17)(H,15,16). The summed E-state index contributed by atoms with van der Waals surface area (Å²) in [4.78, 5) is 24.4. The van der Waals surface area contributed by atoms with Gasteiger partial charge in [-0.1, -0.05) is 12.8 Å². The number of carbonyl (C=O) groups is 2. The maximum atomic E-state index is 11.9. The van der Waals surface area contributed by atoms with E-state index in [0.29, 0.717) is 32.5 Å². The average Bonchev–Trinajstić information content (AvgIpc) is 2.54. The molecule has 2 amide bonds. The summed E-state index contributed by atoms with van der Waals surface area (Å²) in [6.07, 6.45) is 3.96. The molecule has 0 bridgehead atoms. The fourth-order valence-electron chi connectivity index (χ4n) is 2.01. The van der Waals surface area contributed by atoms with E-state index in [9.17, 15) is 9.59 Å². The molecule has 0 aromatic rings. The first kappa shape index (κ1) is 13.8. The van der Waals surface area contributed by atoms with Gasteiger partial charge in [-0.2, -0.15) is 0 Å². The molecule has 0 aromatic heterocycles. The number of rotatable bonds is 4. The van der Waals surface area contributed by atoms with E-state index in [0.717, 1.165) is 19.3 Å². The van der Waals surface area contributed by atoms with Crippen molar-refractivity contribution in [1.82, 2.24) is 10.2 Å². The van der Waals surface area contributed by atoms with Crippen LogP contribution in [0.15, 0.2) is 0 Å². The highest BCUT2D eigenvalue weighted by atomic mass is 16.4. The van der Waals surface area contributed by atoms with Gasteiger partial charge < -0.3 is 21.1 Å². The van der Waals surface area contributed by atoms with E-state index < -0.39 is 12.0 Å². The second-order valence-electron chi connectivity index (χ2n) is 4.27. The molecule has 0 spiro atoms. The van der Waals surface area contributed by atoms with E-state index in [1.54, 1.807) is 0 Å². The minimum atomic E-state index is -0.916. The number of carboxylic acid groups (broad SMARTS) is 1. The van der Waals surface area contributed by atoms with Crippen molar-refractivity contribution in [2.75, 3.05) is 19.6 Å². The van der Waals surface area contributed by atoms with Gasteiger partial charge in [-0.05, 0) is 25.8 Å². The lowest BCUT2D eigenvalue weighted by Gasteiger charge is -2.27. The Hall–Kier alpha value is -1.30. The number of amides is 2. The van der Waals surface area contributed by atoms with Crippen LogP contribution in [-0.4, -0.2) is 47.7 Å². The number of aliphatic carboxylic acids is 1. The summed E-state index contributed by atoms with van der Waals surface area (Å²) in [5.74, 6) is -0.916. The molecule has 17 heavy (non-hydrogen) atoms. The minimum absolute atomic E-state index is 0.284. The van der Waals surface area contributed by atoms with Gasteiger partial charge in [0.05, 0.1) is 0 Å². The summed E-state index contributed by atoms with van der Waals surface area (Å²) in [5, 5.41) is 11.8. The normalized spacial score (nSPS) is 20.8. The van der Waals surface area contributed by atoms with Crippen molar-refractivity contribution in [3.05, 3.63) is 0 Å². The summed E-state index contributed by atoms with van der Waals surface area (Å²) >= 11 is 0. The quantitative estimate of drug-likeness (QED) is 0.622. The second kappa shape index (κ2) is 7.11. The van der Waals surface area contributed by atoms with Gasteiger partial charge in [-0.15, -0.1) is 0 Å². The largest absolute Gasteiger partial charge is 0.480 e. The highest BCUT2D eigenvalue weighted by Crippen LogP contribution is 2.17. The number of carboxylic acids is 1. The van der Waals surface area contributed by atoms with Crippen LogP contribution in [0.4, 0.5) is 4.79 Å². The first-order valence-electron chi connectivity index (χ1n) is 6.14. The Morgan fingerprint density at radius 2 is 2.12 bits per heavy atom. The van der Waals surface area contributed by atoms with E-state index >= 15 is 0 Å². The molecule has 6 heteroatoms. The van der Waals surface area contributed by atoms with Crippen LogP contribution in [0.2, 0.25) is 0 Å². The van der Waals surface area contributed by atoms with Crippen molar-refractivity contribution in [2.45, 2.75) is 38.1 Å². The van der Waals surface area contributed by atoms with Crippen molar-refractivity contribution < 1.29 is 14.7 Å². The van der Waals surface area contributed by atoms with Crippen LogP contribution in [0.25, 0.3) is 0 Å². The molecule has 0 radical (unpaired) electrons. The molecule has 1 heterocycles. The Bertz CT molecular complexity index is 271. The molecule has 1 saturated heterocycles. The number of hydrogen-bond acceptors (Lipinski definition) is 3. The molecule has 6 nitrogen and oxygen atoms in total. The van der Waals surface area contributed by atoms with Crippen LogP contribution < -0.4 is 11.1 Å². The molecule has 1 unspecified atom stereocenters. The van der Waals surface area contributed by atoms with E-state index in [-0.39, 0.29) is 6.03 Å². The molecule has 1 rings (SSSR count). The summed E-state index contributed by atoms with van der Waals surface area (Å²) in [6.45, 7) is 1.53. The van der Waals surface area contributed by atoms with Crippen molar-refractivity contribution in [1.29, 1.82) is 0 Å². The zero-order chi connectivity index (χ0) is 12.7. The molecule has 1 fully saturated rings. The maximum Gasteiger partial charge on any atom is 0.326 e. The SMILES string of the molecule is NCCCNC(=O)N1CCCCCC1C(=O)O. The Balaban J connectivity index is 2.55. The van der Waals surface area contributed by atoms with Gasteiger partial charge in [-0.25, -0.2) is 9.59 Å². The average molecular weight is 243 g/mol. The molecule has 0 aromatic carbocycles. The first-order chi connectivity index (χ1) is 8.16. The van der Waals surface area contributed by atoms with Gasteiger partial charge in [-0.3, -0.25) is 0 Å². The van der Waals surface area contributed by atoms with Gasteiger partial charge >= 0.3 is 12.0 Å². The zero-order valence-electron chi connectivity index (χ0n) is 10.0. The smallest absolute Gasteiger partial charge is 0.326 e. The van der Waals surface area contributed by atoms with Crippen molar-refractivity contribution in [3.8, 4) is 0 Å². The Morgan fingerprint density at radius 3 is 2.76 bits per heavy atom. The molecule has 1 atom stereocenters. The molecule has 0 aliphatic carbocycles. The molecule has 98 valence electrons. The monoisotopic (exact) mass is 243 g/mol. The van der Waals surface area contributed by atoms with Crippen molar-refractivity contribution >= 4 is 12.0 Å². The van der Waals surface area contributed by atoms with Crippen LogP contribution in [0.3, 0.4) is 0 Å². The number of urea groups is 1. The number of likely N-dealkylation sites (tertiary alicyclic amines) is 1. The number of carbonyl (C=O) groups excluding carboxylic acids is 1. The highest BCUT2D eigenvalue weighted by Gasteiger charge is 2.30. The summed E-state index contributed by atoms with van der Waals surface area (Å²) in [7, 11) is 0. The maximum absolute atomic E-state index is 11.9. The van der Waals surface area contributed by atoms with E-state index in [1.165, 1.54) is 4.90 Å². The van der Waals surface area contributed by atoms with Gasteiger partial charge in [0.15, 0.2) is 0 Å². The van der Waals surface area contributed by atoms with Gasteiger partial charge in [0.2, 0.25) is 0 Å². The highest BCUT2D eigenvalue weighted by molar-refractivity contribution is 5.82. The number of hydrogen-bond donors (Lipinski definition) is 3. The number of nitrogens with zero attached hydrogens (tertiary/aromatic N) is 1. The Kier molecular flexibility index (Phi) is 5.76. The molecular weight excluding hydrogens is 222 g/mol. The molecule has 1 aliphatic rings. The number of nitrogens with two attached hydrogens (primary N) is 1. The van der Waals surface area contributed by atoms with Gasteiger partial charge in [0.1, 0.15) is 6.04 Å². The molecule has 4 N–H and O–H groups in total. The van der Waals surface area contributed by atoms with Gasteiger partial charge in [0, 0.05) is 13.1 Å². The lowest BCUT2D eigenvalue weighted by atomic mass is 10.1. The van der Waals surface area contributed by atoms with Gasteiger partial charge in [0.25, 0.3) is 0 Å². The van der Waals surface area contributed by atoms with Crippen LogP contribution in [0.5, 0.6) is 0 Å². The third-order valence-electron chi connectivity index (χ3n) is 2.96. The van der Waals surface area contributed by atoms with E-state index in [1.807, 2.05) is 0 Å². The fraction of sp³-hybridized carbons (Fsp3) is 0.818. The van der Waals surface area contributed by atoms with Crippen LogP contribution in [-0.2, 0) is 4.79 Å². The summed E-state index contributed by atoms with van der Waals surface area (Å²) in [5.41, 5.74) is 5.33. The molecular formula is C11H21N3O3. The second-order valence-corrected chi connectivity index (χ2v) is 4.27. The van der Waals surface area contributed by atoms with E-state index in [2.05, 4.69) is 5.32 Å². The van der Waals surface area contributed by atoms with E-state index in [4.69, 9.17) is 10.8 Å². The predicted molar refractivity (Wildman–Crippen MR) is 63.7 cm³/mol. The minimum Gasteiger partial charge on any atom is -0.480 e. The summed E-state index contributed by atoms with van der Waals surface area (Å²) in [6, 6.07) is -0.969. The van der Waals surface area contributed by atoms with Crippen LogP contribution in [0.1, 0.15) is 32.1 Å². The third kappa shape index (κ3) is 4.22. The fourth-order valence-corrected chi connectivity index (χ4v) is 2.01. The van der Waals surface area contributed by atoms with Crippen LogP contribution in [0, 0.1) is 0 Å². The third-order valence-corrected chi connectivity index (χ3v) is 2.96. The lowest BCUT2D eigenvalue weighted by Crippen LogP contribution is -2.49. The van der Waals surface area contributed by atoms with Crippen molar-refractivity contribution in [3.63, 3.8) is 0 Å². The van der Waals surface area contributed by atoms with Crippen LogP contribution >= 0.6 is 0 Å². The predicted octanol–water partition coefficient (Wildman–Crippen LogP) is 0.374. The van der Waals surface area contributed by atoms with Crippen molar-refractivity contribution in [2.24, 2.45) is 5.73 Å². The zero-order valence-corrected chi connectivity index (χ0v) is 10.0. The molecule has 1 aliphatic heterocycles. The topological polar surface area (TPSA) is 95.7 Å². The summed E-state index contributed by atoms with van der Waals surface area (Å²) < 4.78 is 0.